The Bertz CT molecular complexity index is 978. The van der Waals surface area contributed by atoms with Crippen molar-refractivity contribution in [1.82, 2.24) is 10.3 Å². The molecule has 3 rings (SSSR count). The van der Waals surface area contributed by atoms with E-state index in [9.17, 15) is 9.59 Å². The van der Waals surface area contributed by atoms with E-state index in [0.717, 1.165) is 18.4 Å². The van der Waals surface area contributed by atoms with Gasteiger partial charge in [-0.15, -0.1) is 0 Å². The summed E-state index contributed by atoms with van der Waals surface area (Å²) in [5, 5.41) is 16.1. The van der Waals surface area contributed by atoms with Crippen LogP contribution < -0.4 is 15.4 Å². The van der Waals surface area contributed by atoms with Crippen LogP contribution >= 0.6 is 23.2 Å². The number of benzene rings is 1. The van der Waals surface area contributed by atoms with E-state index in [1.165, 1.54) is 6.20 Å². The minimum atomic E-state index is -0.731. The van der Waals surface area contributed by atoms with E-state index in [1.807, 2.05) is 19.1 Å². The number of amides is 1. The lowest BCUT2D eigenvalue weighted by Gasteiger charge is -2.26. The maximum atomic E-state index is 12.5. The molecule has 9 heteroatoms. The second kappa shape index (κ2) is 10.9. The molecular weight excluding hydrogens is 453 g/mol. The smallest absolute Gasteiger partial charge is 0.306 e. The number of nitrogens with one attached hydrogen (secondary N) is 2. The molecule has 2 aromatic rings. The van der Waals surface area contributed by atoms with Crippen LogP contribution in [0.25, 0.3) is 0 Å². The van der Waals surface area contributed by atoms with Gasteiger partial charge >= 0.3 is 5.97 Å². The number of hydrogen-bond acceptors (Lipinski definition) is 5. The van der Waals surface area contributed by atoms with Crippen molar-refractivity contribution in [3.05, 3.63) is 51.6 Å². The summed E-state index contributed by atoms with van der Waals surface area (Å²) in [7, 11) is 1.58. The van der Waals surface area contributed by atoms with Crippen molar-refractivity contribution in [3.63, 3.8) is 0 Å². The molecule has 32 heavy (non-hydrogen) atoms. The Morgan fingerprint density at radius 3 is 2.53 bits per heavy atom. The van der Waals surface area contributed by atoms with Crippen LogP contribution in [-0.4, -0.2) is 35.6 Å². The maximum Gasteiger partial charge on any atom is 0.306 e. The first-order chi connectivity index (χ1) is 15.3. The van der Waals surface area contributed by atoms with Crippen molar-refractivity contribution in [2.75, 3.05) is 19.0 Å². The lowest BCUT2D eigenvalue weighted by atomic mass is 9.82. The van der Waals surface area contributed by atoms with Gasteiger partial charge in [0.15, 0.2) is 0 Å². The van der Waals surface area contributed by atoms with Crippen molar-refractivity contribution >= 4 is 40.9 Å². The summed E-state index contributed by atoms with van der Waals surface area (Å²) in [5.74, 6) is 0.157. The third-order valence-electron chi connectivity index (χ3n) is 5.83. The Morgan fingerprint density at radius 1 is 1.19 bits per heavy atom. The van der Waals surface area contributed by atoms with Crippen molar-refractivity contribution in [2.24, 2.45) is 11.8 Å². The zero-order valence-electron chi connectivity index (χ0n) is 18.0. The van der Waals surface area contributed by atoms with Gasteiger partial charge in [-0.25, -0.2) is 4.98 Å². The number of nitrogens with zero attached hydrogens (tertiary/aromatic N) is 1. The highest BCUT2D eigenvalue weighted by Gasteiger charge is 2.26. The summed E-state index contributed by atoms with van der Waals surface area (Å²) in [6, 6.07) is 6.88. The minimum Gasteiger partial charge on any atom is -0.497 e. The highest BCUT2D eigenvalue weighted by molar-refractivity contribution is 6.33. The second-order valence-corrected chi connectivity index (χ2v) is 8.95. The van der Waals surface area contributed by atoms with E-state index in [0.29, 0.717) is 46.6 Å². The molecule has 3 N–H and O–H groups in total. The molecule has 1 amide bonds. The molecular formula is C23H27Cl2N3O4. The number of aromatic nitrogens is 1. The van der Waals surface area contributed by atoms with Gasteiger partial charge < -0.3 is 20.5 Å². The number of carboxylic acid groups (broad SMARTS) is 1. The third kappa shape index (κ3) is 6.26. The fourth-order valence-electron chi connectivity index (χ4n) is 3.86. The van der Waals surface area contributed by atoms with E-state index < -0.39 is 5.97 Å². The first kappa shape index (κ1) is 24.1. The van der Waals surface area contributed by atoms with Gasteiger partial charge in [-0.2, -0.15) is 0 Å². The van der Waals surface area contributed by atoms with E-state index in [2.05, 4.69) is 15.6 Å². The summed E-state index contributed by atoms with van der Waals surface area (Å²) in [5.41, 5.74) is 1.28. The monoisotopic (exact) mass is 479 g/mol. The zero-order valence-corrected chi connectivity index (χ0v) is 19.5. The standard InChI is InChI=1S/C23H27Cl2N3O4/c1-13(16-7-18(24)10-19(8-16)32-2)28-21-20(25)9-17(12-26-21)22(29)27-11-14-3-5-15(6-4-14)23(30)31/h7-10,12-15H,3-6,11H2,1-2H3,(H,26,28)(H,27,29)(H,30,31). The number of anilines is 1. The predicted octanol–water partition coefficient (Wildman–Crippen LogP) is 5.19. The molecule has 7 nitrogen and oxygen atoms in total. The highest BCUT2D eigenvalue weighted by Crippen LogP contribution is 2.30. The third-order valence-corrected chi connectivity index (χ3v) is 6.34. The van der Waals surface area contributed by atoms with Crippen LogP contribution in [0, 0.1) is 11.8 Å². The normalized spacial score (nSPS) is 19.1. The summed E-state index contributed by atoms with van der Waals surface area (Å²) < 4.78 is 5.26. The number of hydrogen-bond donors (Lipinski definition) is 3. The number of halogens is 2. The largest absolute Gasteiger partial charge is 0.497 e. The molecule has 1 aliphatic rings. The van der Waals surface area contributed by atoms with Crippen LogP contribution in [0.4, 0.5) is 5.82 Å². The van der Waals surface area contributed by atoms with Crippen LogP contribution in [0.5, 0.6) is 5.75 Å². The summed E-state index contributed by atoms with van der Waals surface area (Å²) in [6.07, 6.45) is 4.38. The molecule has 0 bridgehead atoms. The number of carbonyl (C=O) groups is 2. The lowest BCUT2D eigenvalue weighted by Crippen LogP contribution is -2.32. The average Bonchev–Trinajstić information content (AvgIpc) is 2.78. The number of carbonyl (C=O) groups excluding carboxylic acids is 1. The second-order valence-electron chi connectivity index (χ2n) is 8.11. The molecule has 1 atom stereocenters. The Morgan fingerprint density at radius 2 is 1.91 bits per heavy atom. The Kier molecular flexibility index (Phi) is 8.21. The maximum absolute atomic E-state index is 12.5. The van der Waals surface area contributed by atoms with E-state index in [1.54, 1.807) is 19.2 Å². The zero-order chi connectivity index (χ0) is 23.3. The number of carboxylic acids is 1. The number of pyridine rings is 1. The highest BCUT2D eigenvalue weighted by atomic mass is 35.5. The molecule has 0 spiro atoms. The first-order valence-corrected chi connectivity index (χ1v) is 11.3. The molecule has 1 fully saturated rings. The molecule has 172 valence electrons. The quantitative estimate of drug-likeness (QED) is 0.481. The Balaban J connectivity index is 1.57. The van der Waals surface area contributed by atoms with Gasteiger partial charge in [0, 0.05) is 17.8 Å². The molecule has 1 unspecified atom stereocenters. The van der Waals surface area contributed by atoms with Gasteiger partial charge in [-0.1, -0.05) is 23.2 Å². The van der Waals surface area contributed by atoms with Crippen LogP contribution in [-0.2, 0) is 4.79 Å². The Labute approximate surface area is 197 Å². The molecule has 0 aliphatic heterocycles. The first-order valence-electron chi connectivity index (χ1n) is 10.5. The lowest BCUT2D eigenvalue weighted by molar-refractivity contribution is -0.143. The van der Waals surface area contributed by atoms with Crippen LogP contribution in [0.1, 0.15) is 54.6 Å². The van der Waals surface area contributed by atoms with Gasteiger partial charge in [-0.05, 0) is 68.4 Å². The van der Waals surface area contributed by atoms with Crippen molar-refractivity contribution in [2.45, 2.75) is 38.6 Å². The summed E-state index contributed by atoms with van der Waals surface area (Å²) in [6.45, 7) is 2.46. The number of ether oxygens (including phenoxy) is 1. The molecule has 1 heterocycles. The minimum absolute atomic E-state index is 0.145. The van der Waals surface area contributed by atoms with Crippen molar-refractivity contribution in [3.8, 4) is 5.75 Å². The topological polar surface area (TPSA) is 101 Å². The number of rotatable bonds is 8. The van der Waals surface area contributed by atoms with Gasteiger partial charge in [0.2, 0.25) is 0 Å². The summed E-state index contributed by atoms with van der Waals surface area (Å²) in [4.78, 5) is 27.9. The van der Waals surface area contributed by atoms with Crippen molar-refractivity contribution < 1.29 is 19.4 Å². The molecule has 1 aromatic heterocycles. The average molecular weight is 480 g/mol. The molecule has 0 radical (unpaired) electrons. The van der Waals surface area contributed by atoms with Crippen LogP contribution in [0.2, 0.25) is 10.0 Å². The fraction of sp³-hybridized carbons (Fsp3) is 0.435. The van der Waals surface area contributed by atoms with Gasteiger partial charge in [0.25, 0.3) is 5.91 Å². The van der Waals surface area contributed by atoms with E-state index in [4.69, 9.17) is 33.0 Å². The van der Waals surface area contributed by atoms with E-state index >= 15 is 0 Å². The molecule has 1 aromatic carbocycles. The van der Waals surface area contributed by atoms with Gasteiger partial charge in [0.1, 0.15) is 11.6 Å². The molecule has 0 saturated heterocycles. The number of methoxy groups -OCH3 is 1. The molecule has 1 saturated carbocycles. The van der Waals surface area contributed by atoms with Crippen LogP contribution in [0.3, 0.4) is 0 Å². The summed E-state index contributed by atoms with van der Waals surface area (Å²) >= 11 is 12.5. The van der Waals surface area contributed by atoms with Crippen molar-refractivity contribution in [1.29, 1.82) is 0 Å². The fourth-order valence-corrected chi connectivity index (χ4v) is 4.32. The number of aliphatic carboxylic acids is 1. The SMILES string of the molecule is COc1cc(Cl)cc(C(C)Nc2ncc(C(=O)NCC3CCC(C(=O)O)CC3)cc2Cl)c1. The van der Waals surface area contributed by atoms with Gasteiger partial charge in [-0.3, -0.25) is 9.59 Å². The molecule has 1 aliphatic carbocycles. The van der Waals surface area contributed by atoms with Gasteiger partial charge in [0.05, 0.1) is 29.7 Å². The van der Waals surface area contributed by atoms with Crippen LogP contribution in [0.15, 0.2) is 30.5 Å². The Hall–Kier alpha value is -2.51. The van der Waals surface area contributed by atoms with E-state index in [-0.39, 0.29) is 23.8 Å². The predicted molar refractivity (Wildman–Crippen MR) is 125 cm³/mol.